The van der Waals surface area contributed by atoms with Crippen LogP contribution in [0.1, 0.15) is 29.2 Å². The number of hydrogen-bond donors (Lipinski definition) is 1. The number of nitrogens with zero attached hydrogens (tertiary/aromatic N) is 2. The lowest BCUT2D eigenvalue weighted by atomic mass is 10.2. The number of carbonyl (C=O) groups is 1. The van der Waals surface area contributed by atoms with Gasteiger partial charge in [-0.1, -0.05) is 0 Å². The molecule has 2 rings (SSSR count). The van der Waals surface area contributed by atoms with E-state index in [4.69, 9.17) is 10.2 Å². The van der Waals surface area contributed by atoms with Crippen molar-refractivity contribution in [1.29, 1.82) is 0 Å². The third-order valence-electron chi connectivity index (χ3n) is 3.29. The highest BCUT2D eigenvalue weighted by Gasteiger charge is 2.31. The van der Waals surface area contributed by atoms with E-state index >= 15 is 0 Å². The quantitative estimate of drug-likeness (QED) is 0.863. The molecular weight excluding hydrogens is 230 g/mol. The topological polar surface area (TPSA) is 62.7 Å². The summed E-state index contributed by atoms with van der Waals surface area (Å²) in [6.45, 7) is 2.04. The second-order valence-corrected chi connectivity index (χ2v) is 5.03. The van der Waals surface area contributed by atoms with Crippen LogP contribution in [0, 0.1) is 0 Å². The molecule has 1 atom stereocenters. The second kappa shape index (κ2) is 5.54. The molecule has 1 aromatic rings. The average molecular weight is 251 g/mol. The molecule has 2 heterocycles. The first-order valence-electron chi connectivity index (χ1n) is 6.36. The standard InChI is InChI=1S/C13H21N3O2/c1-15(2)9-10-4-3-7-16(10)13(17)12-6-5-11(8-14)18-12/h5-6,10H,3-4,7-9,14H2,1-2H3. The largest absolute Gasteiger partial charge is 0.455 e. The molecule has 1 unspecified atom stereocenters. The Balaban J connectivity index is 2.07. The number of furan rings is 1. The van der Waals surface area contributed by atoms with E-state index in [0.717, 1.165) is 25.9 Å². The zero-order valence-electron chi connectivity index (χ0n) is 11.1. The summed E-state index contributed by atoms with van der Waals surface area (Å²) in [5, 5.41) is 0. The van der Waals surface area contributed by atoms with E-state index in [2.05, 4.69) is 4.90 Å². The summed E-state index contributed by atoms with van der Waals surface area (Å²) < 4.78 is 5.43. The van der Waals surface area contributed by atoms with E-state index in [1.54, 1.807) is 12.1 Å². The van der Waals surface area contributed by atoms with Gasteiger partial charge in [0.2, 0.25) is 0 Å². The van der Waals surface area contributed by atoms with Gasteiger partial charge in [-0.15, -0.1) is 0 Å². The smallest absolute Gasteiger partial charge is 0.289 e. The minimum absolute atomic E-state index is 0.0148. The number of carbonyl (C=O) groups excluding carboxylic acids is 1. The fourth-order valence-electron chi connectivity index (χ4n) is 2.46. The third kappa shape index (κ3) is 2.73. The molecule has 100 valence electrons. The van der Waals surface area contributed by atoms with Gasteiger partial charge in [-0.05, 0) is 39.1 Å². The highest BCUT2D eigenvalue weighted by Crippen LogP contribution is 2.21. The van der Waals surface area contributed by atoms with Crippen LogP contribution < -0.4 is 5.73 Å². The van der Waals surface area contributed by atoms with Crippen LogP contribution in [0.4, 0.5) is 0 Å². The number of rotatable bonds is 4. The molecule has 0 bridgehead atoms. The molecule has 0 aromatic carbocycles. The SMILES string of the molecule is CN(C)CC1CCCN1C(=O)c1ccc(CN)o1. The summed E-state index contributed by atoms with van der Waals surface area (Å²) in [5.41, 5.74) is 5.48. The number of hydrogen-bond acceptors (Lipinski definition) is 4. The highest BCUT2D eigenvalue weighted by atomic mass is 16.4. The lowest BCUT2D eigenvalue weighted by molar-refractivity contribution is 0.0682. The van der Waals surface area contributed by atoms with Crippen molar-refractivity contribution < 1.29 is 9.21 Å². The maximum Gasteiger partial charge on any atom is 0.289 e. The molecule has 2 N–H and O–H groups in total. The van der Waals surface area contributed by atoms with Gasteiger partial charge in [-0.2, -0.15) is 0 Å². The van der Waals surface area contributed by atoms with Crippen LogP contribution in [0.5, 0.6) is 0 Å². The molecule has 5 nitrogen and oxygen atoms in total. The summed E-state index contributed by atoms with van der Waals surface area (Å²) in [6, 6.07) is 3.78. The summed E-state index contributed by atoms with van der Waals surface area (Å²) in [4.78, 5) is 16.4. The third-order valence-corrected chi connectivity index (χ3v) is 3.29. The molecule has 1 amide bonds. The Labute approximate surface area is 108 Å². The summed E-state index contributed by atoms with van der Waals surface area (Å²) in [7, 11) is 4.06. The van der Waals surface area contributed by atoms with E-state index in [1.165, 1.54) is 0 Å². The van der Waals surface area contributed by atoms with Gasteiger partial charge >= 0.3 is 0 Å². The van der Waals surface area contributed by atoms with Crippen LogP contribution in [0.3, 0.4) is 0 Å². The first kappa shape index (κ1) is 13.1. The van der Waals surface area contributed by atoms with Gasteiger partial charge in [0.05, 0.1) is 6.54 Å². The Morgan fingerprint density at radius 1 is 1.56 bits per heavy atom. The van der Waals surface area contributed by atoms with E-state index in [-0.39, 0.29) is 5.91 Å². The predicted molar refractivity (Wildman–Crippen MR) is 69.2 cm³/mol. The first-order chi connectivity index (χ1) is 8.61. The Morgan fingerprint density at radius 3 is 2.94 bits per heavy atom. The molecule has 5 heteroatoms. The van der Waals surface area contributed by atoms with E-state index < -0.39 is 0 Å². The molecule has 1 aromatic heterocycles. The van der Waals surface area contributed by atoms with Crippen molar-refractivity contribution >= 4 is 5.91 Å². The monoisotopic (exact) mass is 251 g/mol. The van der Waals surface area contributed by atoms with Crippen molar-refractivity contribution in [3.05, 3.63) is 23.7 Å². The Hall–Kier alpha value is -1.33. The van der Waals surface area contributed by atoms with Gasteiger partial charge < -0.3 is 20.0 Å². The van der Waals surface area contributed by atoms with Crippen LogP contribution >= 0.6 is 0 Å². The van der Waals surface area contributed by atoms with Gasteiger partial charge in [0, 0.05) is 19.1 Å². The summed E-state index contributed by atoms with van der Waals surface area (Å²) in [5.74, 6) is 1.04. The van der Waals surface area contributed by atoms with E-state index in [0.29, 0.717) is 24.1 Å². The van der Waals surface area contributed by atoms with Gasteiger partial charge in [-0.25, -0.2) is 0 Å². The lowest BCUT2D eigenvalue weighted by Gasteiger charge is -2.26. The zero-order chi connectivity index (χ0) is 13.1. The zero-order valence-corrected chi connectivity index (χ0v) is 11.1. The van der Waals surface area contributed by atoms with Crippen molar-refractivity contribution in [1.82, 2.24) is 9.80 Å². The van der Waals surface area contributed by atoms with Crippen LogP contribution in [0.15, 0.2) is 16.5 Å². The molecule has 1 aliphatic rings. The normalized spacial score (nSPS) is 19.8. The molecule has 0 saturated carbocycles. The molecule has 1 saturated heterocycles. The number of nitrogens with two attached hydrogens (primary N) is 1. The van der Waals surface area contributed by atoms with Crippen molar-refractivity contribution in [3.8, 4) is 0 Å². The Kier molecular flexibility index (Phi) is 4.04. The summed E-state index contributed by atoms with van der Waals surface area (Å²) >= 11 is 0. The van der Waals surface area contributed by atoms with Gasteiger partial charge in [0.15, 0.2) is 5.76 Å². The minimum atomic E-state index is -0.0148. The molecular formula is C13H21N3O2. The van der Waals surface area contributed by atoms with Crippen LogP contribution in [0.2, 0.25) is 0 Å². The van der Waals surface area contributed by atoms with Crippen molar-refractivity contribution in [3.63, 3.8) is 0 Å². The second-order valence-electron chi connectivity index (χ2n) is 5.03. The molecule has 0 spiro atoms. The van der Waals surface area contributed by atoms with Crippen LogP contribution in [-0.2, 0) is 6.54 Å². The lowest BCUT2D eigenvalue weighted by Crippen LogP contribution is -2.41. The van der Waals surface area contributed by atoms with Gasteiger partial charge in [0.25, 0.3) is 5.91 Å². The Bertz CT molecular complexity index is 414. The van der Waals surface area contributed by atoms with Gasteiger partial charge in [0.1, 0.15) is 5.76 Å². The molecule has 0 radical (unpaired) electrons. The van der Waals surface area contributed by atoms with E-state index in [9.17, 15) is 4.79 Å². The van der Waals surface area contributed by atoms with Crippen LogP contribution in [0.25, 0.3) is 0 Å². The van der Waals surface area contributed by atoms with Crippen molar-refractivity contribution in [2.45, 2.75) is 25.4 Å². The molecule has 0 aliphatic carbocycles. The molecule has 1 aliphatic heterocycles. The maximum absolute atomic E-state index is 12.3. The molecule has 18 heavy (non-hydrogen) atoms. The van der Waals surface area contributed by atoms with Crippen molar-refractivity contribution in [2.24, 2.45) is 5.73 Å². The average Bonchev–Trinajstić information content (AvgIpc) is 2.95. The fourth-order valence-corrected chi connectivity index (χ4v) is 2.46. The number of likely N-dealkylation sites (N-methyl/N-ethyl adjacent to an activating group) is 1. The fraction of sp³-hybridized carbons (Fsp3) is 0.615. The van der Waals surface area contributed by atoms with Crippen molar-refractivity contribution in [2.75, 3.05) is 27.2 Å². The molecule has 1 fully saturated rings. The highest BCUT2D eigenvalue weighted by molar-refractivity contribution is 5.92. The number of likely N-dealkylation sites (tertiary alicyclic amines) is 1. The van der Waals surface area contributed by atoms with E-state index in [1.807, 2.05) is 19.0 Å². The predicted octanol–water partition coefficient (Wildman–Crippen LogP) is 0.905. The van der Waals surface area contributed by atoms with Gasteiger partial charge in [-0.3, -0.25) is 4.79 Å². The first-order valence-corrected chi connectivity index (χ1v) is 6.36. The minimum Gasteiger partial charge on any atom is -0.455 e. The Morgan fingerprint density at radius 2 is 2.33 bits per heavy atom. The maximum atomic E-state index is 12.3. The number of amides is 1. The summed E-state index contributed by atoms with van der Waals surface area (Å²) in [6.07, 6.45) is 2.13. The van der Waals surface area contributed by atoms with Crippen LogP contribution in [-0.4, -0.2) is 48.9 Å².